The number of pyridine rings is 1. The molecule has 23 heavy (non-hydrogen) atoms. The Labute approximate surface area is 139 Å². The molecule has 1 aliphatic heterocycles. The van der Waals surface area contributed by atoms with Gasteiger partial charge in [-0.15, -0.1) is 0 Å². The van der Waals surface area contributed by atoms with Crippen molar-refractivity contribution < 1.29 is 9.59 Å². The maximum absolute atomic E-state index is 12.3. The van der Waals surface area contributed by atoms with E-state index >= 15 is 0 Å². The first-order valence-corrected chi connectivity index (χ1v) is 7.74. The lowest BCUT2D eigenvalue weighted by Gasteiger charge is -2.16. The quantitative estimate of drug-likeness (QED) is 0.937. The number of nitrogens with zero attached hydrogens (tertiary/aromatic N) is 2. The molecule has 0 unspecified atom stereocenters. The fourth-order valence-electron chi connectivity index (χ4n) is 2.59. The van der Waals surface area contributed by atoms with Gasteiger partial charge in [0, 0.05) is 42.6 Å². The van der Waals surface area contributed by atoms with Gasteiger partial charge in [0.1, 0.15) is 0 Å². The number of hydrogen-bond acceptors (Lipinski definition) is 3. The zero-order valence-electron chi connectivity index (χ0n) is 12.4. The van der Waals surface area contributed by atoms with Gasteiger partial charge in [-0.05, 0) is 42.0 Å². The van der Waals surface area contributed by atoms with Crippen LogP contribution in [0.1, 0.15) is 12.0 Å². The lowest BCUT2D eigenvalue weighted by molar-refractivity contribution is -0.126. The summed E-state index contributed by atoms with van der Waals surface area (Å²) < 4.78 is 0. The van der Waals surface area contributed by atoms with Crippen LogP contribution in [0.2, 0.25) is 5.02 Å². The SMILES string of the molecule is O=C(NCc1ccncc1)[C@@H]1CC(=O)N(c2ccc(Cl)cc2)C1. The van der Waals surface area contributed by atoms with Gasteiger partial charge in [-0.3, -0.25) is 14.6 Å². The van der Waals surface area contributed by atoms with Gasteiger partial charge in [-0.1, -0.05) is 11.6 Å². The van der Waals surface area contributed by atoms with E-state index in [0.717, 1.165) is 11.3 Å². The third-order valence-electron chi connectivity index (χ3n) is 3.85. The number of benzene rings is 1. The normalized spacial score (nSPS) is 17.3. The van der Waals surface area contributed by atoms with Crippen LogP contribution < -0.4 is 10.2 Å². The standard InChI is InChI=1S/C17H16ClN3O2/c18-14-1-3-15(4-2-14)21-11-13(9-16(21)22)17(23)20-10-12-5-7-19-8-6-12/h1-8,13H,9-11H2,(H,20,23)/t13-/m1/s1. The van der Waals surface area contributed by atoms with Crippen molar-refractivity contribution in [2.24, 2.45) is 5.92 Å². The maximum Gasteiger partial charge on any atom is 0.227 e. The van der Waals surface area contributed by atoms with Crippen LogP contribution in [-0.2, 0) is 16.1 Å². The smallest absolute Gasteiger partial charge is 0.227 e. The predicted molar refractivity (Wildman–Crippen MR) is 88.0 cm³/mol. The van der Waals surface area contributed by atoms with E-state index in [1.54, 1.807) is 41.6 Å². The molecule has 0 bridgehead atoms. The minimum atomic E-state index is -0.333. The highest BCUT2D eigenvalue weighted by Gasteiger charge is 2.34. The van der Waals surface area contributed by atoms with E-state index in [2.05, 4.69) is 10.3 Å². The summed E-state index contributed by atoms with van der Waals surface area (Å²) in [6.07, 6.45) is 3.59. The number of nitrogens with one attached hydrogen (secondary N) is 1. The number of carbonyl (C=O) groups is 2. The molecule has 0 aliphatic carbocycles. The van der Waals surface area contributed by atoms with Crippen LogP contribution in [0.25, 0.3) is 0 Å². The molecular formula is C17H16ClN3O2. The van der Waals surface area contributed by atoms with Crippen molar-refractivity contribution >= 4 is 29.1 Å². The fourth-order valence-corrected chi connectivity index (χ4v) is 2.71. The Balaban J connectivity index is 1.60. The van der Waals surface area contributed by atoms with Crippen LogP contribution in [0, 0.1) is 5.92 Å². The van der Waals surface area contributed by atoms with E-state index in [1.807, 2.05) is 12.1 Å². The van der Waals surface area contributed by atoms with Crippen LogP contribution in [0.4, 0.5) is 5.69 Å². The Hall–Kier alpha value is -2.40. The molecule has 1 N–H and O–H groups in total. The van der Waals surface area contributed by atoms with Gasteiger partial charge in [0.15, 0.2) is 0 Å². The first kappa shape index (κ1) is 15.5. The minimum Gasteiger partial charge on any atom is -0.352 e. The Bertz CT molecular complexity index is 704. The largest absolute Gasteiger partial charge is 0.352 e. The average Bonchev–Trinajstić information content (AvgIpc) is 2.96. The Morgan fingerprint density at radius 3 is 2.61 bits per heavy atom. The summed E-state index contributed by atoms with van der Waals surface area (Å²) in [5.74, 6) is -0.483. The highest BCUT2D eigenvalue weighted by atomic mass is 35.5. The molecular weight excluding hydrogens is 314 g/mol. The molecule has 1 aliphatic rings. The third kappa shape index (κ3) is 3.68. The Morgan fingerprint density at radius 2 is 1.91 bits per heavy atom. The molecule has 3 rings (SSSR count). The lowest BCUT2D eigenvalue weighted by Crippen LogP contribution is -2.32. The average molecular weight is 330 g/mol. The molecule has 2 amide bonds. The Morgan fingerprint density at radius 1 is 1.22 bits per heavy atom. The summed E-state index contributed by atoms with van der Waals surface area (Å²) >= 11 is 5.86. The van der Waals surface area contributed by atoms with Crippen molar-refractivity contribution in [2.75, 3.05) is 11.4 Å². The molecule has 1 fully saturated rings. The third-order valence-corrected chi connectivity index (χ3v) is 4.10. The molecule has 5 nitrogen and oxygen atoms in total. The van der Waals surface area contributed by atoms with Gasteiger partial charge in [-0.25, -0.2) is 0 Å². The highest BCUT2D eigenvalue weighted by Crippen LogP contribution is 2.26. The molecule has 1 aromatic carbocycles. The number of amides is 2. The van der Waals surface area contributed by atoms with Crippen molar-refractivity contribution in [1.82, 2.24) is 10.3 Å². The number of aromatic nitrogens is 1. The summed E-state index contributed by atoms with van der Waals surface area (Å²) in [5, 5.41) is 3.49. The van der Waals surface area contributed by atoms with Crippen molar-refractivity contribution in [3.8, 4) is 0 Å². The van der Waals surface area contributed by atoms with E-state index in [-0.39, 0.29) is 24.2 Å². The van der Waals surface area contributed by atoms with Crippen molar-refractivity contribution in [2.45, 2.75) is 13.0 Å². The van der Waals surface area contributed by atoms with Crippen LogP contribution >= 0.6 is 11.6 Å². The van der Waals surface area contributed by atoms with E-state index in [1.165, 1.54) is 0 Å². The molecule has 1 atom stereocenters. The van der Waals surface area contributed by atoms with E-state index in [9.17, 15) is 9.59 Å². The fraction of sp³-hybridized carbons (Fsp3) is 0.235. The molecule has 0 saturated carbocycles. The van der Waals surface area contributed by atoms with Crippen LogP contribution in [0.15, 0.2) is 48.8 Å². The van der Waals surface area contributed by atoms with E-state index in [4.69, 9.17) is 11.6 Å². The number of anilines is 1. The molecule has 2 heterocycles. The molecule has 0 spiro atoms. The zero-order chi connectivity index (χ0) is 16.2. The Kier molecular flexibility index (Phi) is 4.57. The summed E-state index contributed by atoms with van der Waals surface area (Å²) in [6, 6.07) is 10.7. The molecule has 1 aromatic heterocycles. The first-order valence-electron chi connectivity index (χ1n) is 7.36. The van der Waals surface area contributed by atoms with Gasteiger partial charge in [0.05, 0.1) is 5.92 Å². The monoisotopic (exact) mass is 329 g/mol. The predicted octanol–water partition coefficient (Wildman–Crippen LogP) is 2.40. The summed E-state index contributed by atoms with van der Waals surface area (Å²) in [7, 11) is 0. The first-order chi connectivity index (χ1) is 11.1. The van der Waals surface area contributed by atoms with Gasteiger partial charge < -0.3 is 10.2 Å². The topological polar surface area (TPSA) is 62.3 Å². The van der Waals surface area contributed by atoms with E-state index < -0.39 is 0 Å². The van der Waals surface area contributed by atoms with Crippen molar-refractivity contribution in [3.63, 3.8) is 0 Å². The lowest BCUT2D eigenvalue weighted by atomic mass is 10.1. The number of carbonyl (C=O) groups excluding carboxylic acids is 2. The van der Waals surface area contributed by atoms with Gasteiger partial charge in [-0.2, -0.15) is 0 Å². The summed E-state index contributed by atoms with van der Waals surface area (Å²) in [6.45, 7) is 0.829. The van der Waals surface area contributed by atoms with Crippen LogP contribution in [0.3, 0.4) is 0 Å². The van der Waals surface area contributed by atoms with Crippen LogP contribution in [0.5, 0.6) is 0 Å². The molecule has 118 valence electrons. The summed E-state index contributed by atoms with van der Waals surface area (Å²) in [4.78, 5) is 30.0. The van der Waals surface area contributed by atoms with Gasteiger partial charge in [0.25, 0.3) is 0 Å². The second kappa shape index (κ2) is 6.79. The van der Waals surface area contributed by atoms with Crippen molar-refractivity contribution in [1.29, 1.82) is 0 Å². The second-order valence-corrected chi connectivity index (χ2v) is 5.89. The zero-order valence-corrected chi connectivity index (χ0v) is 13.2. The minimum absolute atomic E-state index is 0.0450. The molecule has 0 radical (unpaired) electrons. The second-order valence-electron chi connectivity index (χ2n) is 5.46. The van der Waals surface area contributed by atoms with Gasteiger partial charge in [0.2, 0.25) is 11.8 Å². The molecule has 6 heteroatoms. The number of halogens is 1. The van der Waals surface area contributed by atoms with Gasteiger partial charge >= 0.3 is 0 Å². The number of rotatable bonds is 4. The molecule has 2 aromatic rings. The van der Waals surface area contributed by atoms with E-state index in [0.29, 0.717) is 18.1 Å². The van der Waals surface area contributed by atoms with Crippen LogP contribution in [-0.4, -0.2) is 23.3 Å². The molecule has 1 saturated heterocycles. The number of hydrogen-bond donors (Lipinski definition) is 1. The highest BCUT2D eigenvalue weighted by molar-refractivity contribution is 6.30. The maximum atomic E-state index is 12.3. The van der Waals surface area contributed by atoms with Crippen molar-refractivity contribution in [3.05, 3.63) is 59.4 Å². The summed E-state index contributed by atoms with van der Waals surface area (Å²) in [5.41, 5.74) is 1.75.